The molecule has 2 aliphatic rings. The van der Waals surface area contributed by atoms with E-state index in [1.54, 1.807) is 24.3 Å². The number of cyclic esters (lactones) is 1. The Morgan fingerprint density at radius 1 is 1.03 bits per heavy atom. The quantitative estimate of drug-likeness (QED) is 0.201. The van der Waals surface area contributed by atoms with Gasteiger partial charge in [-0.3, -0.25) is 0 Å². The lowest BCUT2D eigenvalue weighted by Crippen LogP contribution is -2.32. The molecule has 0 saturated carbocycles. The zero-order valence-electron chi connectivity index (χ0n) is 15.4. The van der Waals surface area contributed by atoms with Crippen LogP contribution in [0.1, 0.15) is 31.2 Å². The molecule has 0 amide bonds. The van der Waals surface area contributed by atoms with Crippen LogP contribution in [0.15, 0.2) is 56.5 Å². The van der Waals surface area contributed by atoms with Gasteiger partial charge in [-0.15, -0.1) is 0 Å². The van der Waals surface area contributed by atoms with Crippen LogP contribution in [-0.2, 0) is 20.1 Å². The van der Waals surface area contributed by atoms with Crippen molar-refractivity contribution < 1.29 is 23.0 Å². The van der Waals surface area contributed by atoms with Gasteiger partial charge in [0.2, 0.25) is 0 Å². The van der Waals surface area contributed by atoms with Crippen LogP contribution >= 0.6 is 54.5 Å². The van der Waals surface area contributed by atoms with Gasteiger partial charge in [-0.25, -0.2) is 13.6 Å². The van der Waals surface area contributed by atoms with Crippen molar-refractivity contribution in [1.82, 2.24) is 0 Å². The van der Waals surface area contributed by atoms with Crippen molar-refractivity contribution in [1.29, 1.82) is 0 Å². The van der Waals surface area contributed by atoms with E-state index in [-0.39, 0.29) is 17.6 Å². The topological polar surface area (TPSA) is 35.5 Å². The molecule has 1 heterocycles. The number of carbonyl (C=O) groups is 1. The van der Waals surface area contributed by atoms with Crippen molar-refractivity contribution >= 4 is 60.4 Å². The van der Waals surface area contributed by atoms with Crippen LogP contribution in [0.5, 0.6) is 0 Å². The maximum atomic E-state index is 13.4. The molecule has 2 aromatic carbocycles. The van der Waals surface area contributed by atoms with Gasteiger partial charge in [0, 0.05) is 27.4 Å². The Balaban J connectivity index is 0.000000224. The van der Waals surface area contributed by atoms with E-state index in [4.69, 9.17) is 9.47 Å². The predicted molar refractivity (Wildman–Crippen MR) is 121 cm³/mol. The Morgan fingerprint density at radius 3 is 2.24 bits per heavy atom. The first-order valence-electron chi connectivity index (χ1n) is 8.85. The van der Waals surface area contributed by atoms with Crippen LogP contribution in [0, 0.1) is 15.2 Å². The minimum atomic E-state index is -1.19. The van der Waals surface area contributed by atoms with Gasteiger partial charge in [-0.1, -0.05) is 0 Å². The third-order valence-electron chi connectivity index (χ3n) is 4.82. The second-order valence-corrected chi connectivity index (χ2v) is 9.52. The monoisotopic (exact) mass is 640 g/mol. The number of ether oxygens (including phenoxy) is 2. The van der Waals surface area contributed by atoms with Crippen molar-refractivity contribution in [3.63, 3.8) is 0 Å². The first-order chi connectivity index (χ1) is 13.8. The van der Waals surface area contributed by atoms with Gasteiger partial charge in [0.25, 0.3) is 5.79 Å². The molecule has 0 N–H and O–H groups in total. The molecule has 0 saturated heterocycles. The molecule has 29 heavy (non-hydrogen) atoms. The number of carbonyl (C=O) groups excluding carboxylic acids is 1. The van der Waals surface area contributed by atoms with E-state index in [0.717, 1.165) is 40.4 Å². The van der Waals surface area contributed by atoms with Gasteiger partial charge < -0.3 is 9.47 Å². The van der Waals surface area contributed by atoms with Crippen molar-refractivity contribution in [2.75, 3.05) is 7.11 Å². The number of methoxy groups -OCH3 is 1. The number of hydrogen-bond donors (Lipinski definition) is 0. The van der Waals surface area contributed by atoms with Gasteiger partial charge in [0.1, 0.15) is 11.6 Å². The van der Waals surface area contributed by atoms with E-state index >= 15 is 0 Å². The Bertz CT molecular complexity index is 980. The molecule has 2 aromatic rings. The van der Waals surface area contributed by atoms with Crippen LogP contribution in [-0.4, -0.2) is 13.1 Å². The Labute approximate surface area is 198 Å². The van der Waals surface area contributed by atoms with Crippen LogP contribution in [0.2, 0.25) is 0 Å². The average Bonchev–Trinajstić information content (AvgIpc) is 3.01. The summed E-state index contributed by atoms with van der Waals surface area (Å²) in [6.45, 7) is 0. The summed E-state index contributed by atoms with van der Waals surface area (Å²) >= 11 is 8.35. The summed E-state index contributed by atoms with van der Waals surface area (Å²) in [6.07, 6.45) is 3.48. The molecular weight excluding hydrogens is 625 g/mol. The SMILES string of the molecule is COC1(c2ccc(F)c(Br)c2)OC(=O)C2=C1CCCC2.Fc1ccc(I)cc1Br. The Hall–Kier alpha value is -0.840. The van der Waals surface area contributed by atoms with Gasteiger partial charge in [-0.2, -0.15) is 0 Å². The highest BCUT2D eigenvalue weighted by Gasteiger charge is 2.50. The zero-order valence-corrected chi connectivity index (χ0v) is 20.7. The molecule has 8 heteroatoms. The van der Waals surface area contributed by atoms with E-state index in [0.29, 0.717) is 14.5 Å². The smallest absolute Gasteiger partial charge is 0.337 e. The van der Waals surface area contributed by atoms with Crippen LogP contribution in [0.25, 0.3) is 0 Å². The highest BCUT2D eigenvalue weighted by molar-refractivity contribution is 14.1. The fourth-order valence-corrected chi connectivity index (χ4v) is 5.11. The number of hydrogen-bond acceptors (Lipinski definition) is 3. The molecule has 154 valence electrons. The minimum Gasteiger partial charge on any atom is -0.421 e. The summed E-state index contributed by atoms with van der Waals surface area (Å²) in [5.41, 5.74) is 2.24. The highest BCUT2D eigenvalue weighted by Crippen LogP contribution is 2.48. The second kappa shape index (κ2) is 9.53. The molecule has 0 spiro atoms. The lowest BCUT2D eigenvalue weighted by molar-refractivity contribution is -0.198. The summed E-state index contributed by atoms with van der Waals surface area (Å²) in [7, 11) is 1.51. The molecular formula is C21H17Br2F2IO3. The molecule has 3 nitrogen and oxygen atoms in total. The standard InChI is InChI=1S/C15H14BrFO3.C6H3BrFI/c1-19-15(9-6-7-13(17)12(16)8-9)11-5-3-2-4-10(11)14(18)20-15;7-5-3-4(9)1-2-6(5)8/h6-8H,2-5H2,1H3;1-3H. The first kappa shape index (κ1) is 22.8. The van der Waals surface area contributed by atoms with E-state index in [1.807, 2.05) is 0 Å². The van der Waals surface area contributed by atoms with Gasteiger partial charge in [-0.05, 0) is 117 Å². The fraction of sp³-hybridized carbons (Fsp3) is 0.286. The number of rotatable bonds is 2. The molecule has 1 atom stereocenters. The van der Waals surface area contributed by atoms with E-state index in [1.165, 1.54) is 19.2 Å². The largest absolute Gasteiger partial charge is 0.421 e. The number of esters is 1. The maximum absolute atomic E-state index is 13.4. The number of benzene rings is 2. The summed E-state index contributed by atoms with van der Waals surface area (Å²) in [6, 6.07) is 9.44. The molecule has 0 aromatic heterocycles. The first-order valence-corrected chi connectivity index (χ1v) is 11.5. The molecule has 0 radical (unpaired) electrons. The molecule has 1 aliphatic heterocycles. The van der Waals surface area contributed by atoms with Crippen molar-refractivity contribution in [2.45, 2.75) is 31.5 Å². The Kier molecular flexibility index (Phi) is 7.51. The van der Waals surface area contributed by atoms with Gasteiger partial charge in [0.05, 0.1) is 8.95 Å². The Morgan fingerprint density at radius 2 is 1.66 bits per heavy atom. The molecule has 4 rings (SSSR count). The predicted octanol–water partition coefficient (Wildman–Crippen LogP) is 7.01. The average molecular weight is 642 g/mol. The molecule has 1 unspecified atom stereocenters. The van der Waals surface area contributed by atoms with Crippen molar-refractivity contribution in [2.24, 2.45) is 0 Å². The summed E-state index contributed by atoms with van der Waals surface area (Å²) < 4.78 is 38.9. The maximum Gasteiger partial charge on any atom is 0.337 e. The molecule has 0 fully saturated rings. The summed E-state index contributed by atoms with van der Waals surface area (Å²) in [5, 5.41) is 0. The summed E-state index contributed by atoms with van der Waals surface area (Å²) in [5.74, 6) is -2.08. The normalized spacial score (nSPS) is 20.7. The van der Waals surface area contributed by atoms with Crippen molar-refractivity contribution in [3.05, 3.63) is 77.3 Å². The van der Waals surface area contributed by atoms with Gasteiger partial charge >= 0.3 is 5.97 Å². The molecule has 1 aliphatic carbocycles. The van der Waals surface area contributed by atoms with Crippen LogP contribution in [0.4, 0.5) is 8.78 Å². The van der Waals surface area contributed by atoms with E-state index in [9.17, 15) is 13.6 Å². The van der Waals surface area contributed by atoms with E-state index < -0.39 is 5.79 Å². The third kappa shape index (κ3) is 4.75. The minimum absolute atomic E-state index is 0.213. The third-order valence-corrected chi connectivity index (χ3v) is 6.70. The zero-order chi connectivity index (χ0) is 21.2. The number of halogens is 5. The highest BCUT2D eigenvalue weighted by atomic mass is 127. The van der Waals surface area contributed by atoms with E-state index in [2.05, 4.69) is 54.5 Å². The lowest BCUT2D eigenvalue weighted by atomic mass is 9.86. The van der Waals surface area contributed by atoms with Crippen LogP contribution in [0.3, 0.4) is 0 Å². The van der Waals surface area contributed by atoms with Gasteiger partial charge in [0.15, 0.2) is 0 Å². The second-order valence-electron chi connectivity index (χ2n) is 6.56. The van der Waals surface area contributed by atoms with Crippen LogP contribution < -0.4 is 0 Å². The lowest BCUT2D eigenvalue weighted by Gasteiger charge is -2.30. The fourth-order valence-electron chi connectivity index (χ4n) is 3.43. The van der Waals surface area contributed by atoms with Crippen molar-refractivity contribution in [3.8, 4) is 0 Å². The molecule has 0 bridgehead atoms. The summed E-state index contributed by atoms with van der Waals surface area (Å²) in [4.78, 5) is 12.1.